The van der Waals surface area contributed by atoms with Crippen LogP contribution in [-0.4, -0.2) is 20.3 Å². The summed E-state index contributed by atoms with van der Waals surface area (Å²) in [5.74, 6) is -0.205. The van der Waals surface area contributed by atoms with E-state index in [1.807, 2.05) is 84.4 Å². The van der Waals surface area contributed by atoms with Gasteiger partial charge in [0.05, 0.1) is 15.9 Å². The van der Waals surface area contributed by atoms with Gasteiger partial charge in [-0.2, -0.15) is 0 Å². The summed E-state index contributed by atoms with van der Waals surface area (Å²) < 4.78 is 3.00. The standard InChI is InChI=1S/C22H16N4OS/c1-14-9-10-26-13-18(24-20(26)11-14)15-5-4-6-16(12-15)23-21(27)22-25-17-7-2-3-8-19(17)28-22/h2-13H,1H3,(H,23,27). The Hall–Kier alpha value is -3.51. The van der Waals surface area contributed by atoms with Crippen molar-refractivity contribution in [3.8, 4) is 11.3 Å². The summed E-state index contributed by atoms with van der Waals surface area (Å²) in [6.45, 7) is 2.05. The van der Waals surface area contributed by atoms with Crippen molar-refractivity contribution < 1.29 is 4.79 Å². The lowest BCUT2D eigenvalue weighted by Crippen LogP contribution is -2.11. The molecule has 0 unspecified atom stereocenters. The molecule has 5 aromatic rings. The van der Waals surface area contributed by atoms with Crippen molar-refractivity contribution in [2.24, 2.45) is 0 Å². The Bertz CT molecular complexity index is 1300. The number of fused-ring (bicyclic) bond motifs is 2. The molecule has 5 nitrogen and oxygen atoms in total. The highest BCUT2D eigenvalue weighted by Crippen LogP contribution is 2.25. The highest BCUT2D eigenvalue weighted by Gasteiger charge is 2.13. The fourth-order valence-electron chi connectivity index (χ4n) is 3.13. The third-order valence-electron chi connectivity index (χ3n) is 4.52. The van der Waals surface area contributed by atoms with Crippen molar-refractivity contribution in [1.82, 2.24) is 14.4 Å². The second kappa shape index (κ2) is 6.58. The van der Waals surface area contributed by atoms with Gasteiger partial charge in [-0.25, -0.2) is 9.97 Å². The number of aryl methyl sites for hydroxylation is 1. The smallest absolute Gasteiger partial charge is 0.284 e. The van der Waals surface area contributed by atoms with Crippen LogP contribution in [0.2, 0.25) is 0 Å². The van der Waals surface area contributed by atoms with Gasteiger partial charge in [-0.1, -0.05) is 24.3 Å². The molecule has 136 valence electrons. The Morgan fingerprint density at radius 2 is 1.93 bits per heavy atom. The molecule has 5 rings (SSSR count). The first-order valence-corrected chi connectivity index (χ1v) is 9.70. The second-order valence-corrected chi connectivity index (χ2v) is 7.65. The van der Waals surface area contributed by atoms with Crippen LogP contribution < -0.4 is 5.32 Å². The van der Waals surface area contributed by atoms with Crippen LogP contribution in [0.4, 0.5) is 5.69 Å². The van der Waals surface area contributed by atoms with E-state index in [0.717, 1.165) is 32.8 Å². The van der Waals surface area contributed by atoms with Crippen LogP contribution in [0.1, 0.15) is 15.4 Å². The largest absolute Gasteiger partial charge is 0.320 e. The molecule has 0 aliphatic carbocycles. The molecule has 6 heteroatoms. The molecule has 0 saturated heterocycles. The predicted octanol–water partition coefficient (Wildman–Crippen LogP) is 5.17. The number of benzene rings is 2. The maximum Gasteiger partial charge on any atom is 0.284 e. The molecular weight excluding hydrogens is 368 g/mol. The summed E-state index contributed by atoms with van der Waals surface area (Å²) in [4.78, 5) is 21.7. The van der Waals surface area contributed by atoms with Crippen LogP contribution >= 0.6 is 11.3 Å². The minimum absolute atomic E-state index is 0.205. The number of nitrogens with zero attached hydrogens (tertiary/aromatic N) is 3. The van der Waals surface area contributed by atoms with Gasteiger partial charge in [0.15, 0.2) is 5.01 Å². The predicted molar refractivity (Wildman–Crippen MR) is 113 cm³/mol. The second-order valence-electron chi connectivity index (χ2n) is 6.62. The van der Waals surface area contributed by atoms with Gasteiger partial charge in [0.2, 0.25) is 0 Å². The average Bonchev–Trinajstić information content (AvgIpc) is 3.32. The van der Waals surface area contributed by atoms with Gasteiger partial charge in [0, 0.05) is 23.6 Å². The summed E-state index contributed by atoms with van der Waals surface area (Å²) in [5.41, 5.74) is 5.44. The van der Waals surface area contributed by atoms with Crippen LogP contribution in [0.25, 0.3) is 27.1 Å². The minimum Gasteiger partial charge on any atom is -0.320 e. The van der Waals surface area contributed by atoms with Crippen molar-refractivity contribution in [3.63, 3.8) is 0 Å². The zero-order valence-corrected chi connectivity index (χ0v) is 15.9. The molecule has 2 aromatic carbocycles. The molecule has 0 radical (unpaired) electrons. The molecule has 1 amide bonds. The first-order chi connectivity index (χ1) is 13.7. The molecule has 0 aliphatic heterocycles. The summed E-state index contributed by atoms with van der Waals surface area (Å²) in [5, 5.41) is 3.40. The average molecular weight is 384 g/mol. The number of nitrogens with one attached hydrogen (secondary N) is 1. The quantitative estimate of drug-likeness (QED) is 0.467. The number of carbonyl (C=O) groups is 1. The maximum absolute atomic E-state index is 12.6. The van der Waals surface area contributed by atoms with E-state index in [0.29, 0.717) is 5.01 Å². The first kappa shape index (κ1) is 16.6. The number of hydrogen-bond donors (Lipinski definition) is 1. The number of para-hydroxylation sites is 1. The van der Waals surface area contributed by atoms with Gasteiger partial charge in [0.25, 0.3) is 5.91 Å². The van der Waals surface area contributed by atoms with Crippen LogP contribution in [0, 0.1) is 6.92 Å². The van der Waals surface area contributed by atoms with Crippen LogP contribution in [0.15, 0.2) is 73.1 Å². The van der Waals surface area contributed by atoms with Gasteiger partial charge >= 0.3 is 0 Å². The van der Waals surface area contributed by atoms with Gasteiger partial charge in [-0.05, 0) is 48.9 Å². The minimum atomic E-state index is -0.205. The first-order valence-electron chi connectivity index (χ1n) is 8.88. The van der Waals surface area contributed by atoms with Crippen molar-refractivity contribution in [3.05, 3.63) is 83.6 Å². The van der Waals surface area contributed by atoms with Crippen molar-refractivity contribution in [2.45, 2.75) is 6.92 Å². The fourth-order valence-corrected chi connectivity index (χ4v) is 3.99. The van der Waals surface area contributed by atoms with Gasteiger partial charge < -0.3 is 9.72 Å². The Labute approximate surface area is 165 Å². The number of amides is 1. The van der Waals surface area contributed by atoms with Gasteiger partial charge in [0.1, 0.15) is 5.65 Å². The van der Waals surface area contributed by atoms with Crippen molar-refractivity contribution in [1.29, 1.82) is 0 Å². The number of anilines is 1. The zero-order valence-electron chi connectivity index (χ0n) is 15.1. The summed E-state index contributed by atoms with van der Waals surface area (Å²) in [7, 11) is 0. The van der Waals surface area contributed by atoms with E-state index < -0.39 is 0 Å². The topological polar surface area (TPSA) is 59.3 Å². The van der Waals surface area contributed by atoms with E-state index >= 15 is 0 Å². The van der Waals surface area contributed by atoms with Crippen LogP contribution in [0.3, 0.4) is 0 Å². The molecule has 3 aromatic heterocycles. The summed E-state index contributed by atoms with van der Waals surface area (Å²) >= 11 is 1.39. The molecule has 0 spiro atoms. The highest BCUT2D eigenvalue weighted by molar-refractivity contribution is 7.20. The Kier molecular flexibility index (Phi) is 3.91. The van der Waals surface area contributed by atoms with E-state index in [2.05, 4.69) is 10.3 Å². The normalized spacial score (nSPS) is 11.2. The molecule has 0 atom stereocenters. The summed E-state index contributed by atoms with van der Waals surface area (Å²) in [6, 6.07) is 19.5. The molecule has 0 saturated carbocycles. The number of aromatic nitrogens is 3. The fraction of sp³-hybridized carbons (Fsp3) is 0.0455. The van der Waals surface area contributed by atoms with E-state index in [1.54, 1.807) is 0 Å². The van der Waals surface area contributed by atoms with E-state index in [1.165, 1.54) is 16.9 Å². The van der Waals surface area contributed by atoms with Gasteiger partial charge in [-0.3, -0.25) is 4.79 Å². The summed E-state index contributed by atoms with van der Waals surface area (Å²) in [6.07, 6.45) is 3.99. The number of hydrogen-bond acceptors (Lipinski definition) is 4. The maximum atomic E-state index is 12.6. The third kappa shape index (κ3) is 3.04. The van der Waals surface area contributed by atoms with Crippen molar-refractivity contribution in [2.75, 3.05) is 5.32 Å². The van der Waals surface area contributed by atoms with E-state index in [4.69, 9.17) is 4.98 Å². The van der Waals surface area contributed by atoms with E-state index in [-0.39, 0.29) is 5.91 Å². The lowest BCUT2D eigenvalue weighted by molar-refractivity contribution is 0.102. The number of carbonyl (C=O) groups excluding carboxylic acids is 1. The number of imidazole rings is 1. The Balaban J connectivity index is 1.43. The van der Waals surface area contributed by atoms with Crippen molar-refractivity contribution >= 4 is 38.8 Å². The van der Waals surface area contributed by atoms with Crippen LogP contribution in [0.5, 0.6) is 0 Å². The van der Waals surface area contributed by atoms with E-state index in [9.17, 15) is 4.79 Å². The molecule has 0 fully saturated rings. The number of thiazole rings is 1. The third-order valence-corrected chi connectivity index (χ3v) is 5.56. The van der Waals surface area contributed by atoms with Crippen LogP contribution in [-0.2, 0) is 0 Å². The van der Waals surface area contributed by atoms with Gasteiger partial charge in [-0.15, -0.1) is 11.3 Å². The highest BCUT2D eigenvalue weighted by atomic mass is 32.1. The molecular formula is C22H16N4OS. The molecule has 0 bridgehead atoms. The SMILES string of the molecule is Cc1ccn2cc(-c3cccc(NC(=O)c4nc5ccccc5s4)c3)nc2c1. The Morgan fingerprint density at radius 3 is 2.82 bits per heavy atom. The lowest BCUT2D eigenvalue weighted by Gasteiger charge is -2.04. The zero-order chi connectivity index (χ0) is 19.1. The molecule has 1 N–H and O–H groups in total. The monoisotopic (exact) mass is 384 g/mol. The lowest BCUT2D eigenvalue weighted by atomic mass is 10.1. The molecule has 3 heterocycles. The number of rotatable bonds is 3. The number of pyridine rings is 1. The molecule has 0 aliphatic rings. The Morgan fingerprint density at radius 1 is 1.04 bits per heavy atom. The molecule has 28 heavy (non-hydrogen) atoms.